The van der Waals surface area contributed by atoms with Crippen molar-refractivity contribution in [1.29, 1.82) is 0 Å². The summed E-state index contributed by atoms with van der Waals surface area (Å²) in [5.74, 6) is 0. The molecule has 0 aliphatic heterocycles. The Kier molecular flexibility index (Phi) is 3.62. The highest BCUT2D eigenvalue weighted by Crippen LogP contribution is 2.29. The van der Waals surface area contributed by atoms with Gasteiger partial charge in [0.05, 0.1) is 6.04 Å². The minimum Gasteiger partial charge on any atom is -0.309 e. The smallest absolute Gasteiger partial charge is 0.0574 e. The Bertz CT molecular complexity index is 628. The third-order valence-corrected chi connectivity index (χ3v) is 4.61. The van der Waals surface area contributed by atoms with E-state index in [0.29, 0.717) is 6.04 Å². The number of hydrogen-bond acceptors (Lipinski definition) is 1. The quantitative estimate of drug-likeness (QED) is 0.881. The minimum atomic E-state index is 0.292. The van der Waals surface area contributed by atoms with Gasteiger partial charge in [-0.15, -0.1) is 0 Å². The largest absolute Gasteiger partial charge is 0.309 e. The summed E-state index contributed by atoms with van der Waals surface area (Å²) in [6.45, 7) is 4.36. The lowest BCUT2D eigenvalue weighted by molar-refractivity contribution is 0.690. The number of nitrogens with one attached hydrogen (secondary N) is 1. The summed E-state index contributed by atoms with van der Waals surface area (Å²) < 4.78 is 0. The van der Waals surface area contributed by atoms with Crippen LogP contribution < -0.4 is 5.32 Å². The van der Waals surface area contributed by atoms with Gasteiger partial charge < -0.3 is 5.32 Å². The molecule has 0 radical (unpaired) electrons. The van der Waals surface area contributed by atoms with Crippen molar-refractivity contribution in [2.75, 3.05) is 7.05 Å². The fourth-order valence-electron chi connectivity index (χ4n) is 3.24. The molecule has 20 heavy (non-hydrogen) atoms. The van der Waals surface area contributed by atoms with E-state index in [4.69, 9.17) is 0 Å². The number of fused-ring (bicyclic) bond motifs is 1. The molecule has 0 fully saturated rings. The summed E-state index contributed by atoms with van der Waals surface area (Å²) in [7, 11) is 2.05. The monoisotopic (exact) mass is 265 g/mol. The molecule has 0 heterocycles. The van der Waals surface area contributed by atoms with E-state index in [9.17, 15) is 0 Å². The fourth-order valence-corrected chi connectivity index (χ4v) is 3.24. The average molecular weight is 265 g/mol. The van der Waals surface area contributed by atoms with E-state index >= 15 is 0 Å². The van der Waals surface area contributed by atoms with Crippen LogP contribution in [0.4, 0.5) is 0 Å². The van der Waals surface area contributed by atoms with Gasteiger partial charge in [-0.3, -0.25) is 0 Å². The first-order valence-corrected chi connectivity index (χ1v) is 7.55. The molecule has 1 aliphatic rings. The minimum absolute atomic E-state index is 0.292. The van der Waals surface area contributed by atoms with E-state index in [1.165, 1.54) is 41.5 Å². The maximum absolute atomic E-state index is 3.47. The lowest BCUT2D eigenvalue weighted by Crippen LogP contribution is -2.18. The van der Waals surface area contributed by atoms with E-state index in [-0.39, 0.29) is 0 Å². The Labute approximate surface area is 122 Å². The van der Waals surface area contributed by atoms with Crippen LogP contribution in [0.3, 0.4) is 0 Å². The predicted molar refractivity (Wildman–Crippen MR) is 85.3 cm³/mol. The van der Waals surface area contributed by atoms with E-state index in [1.54, 1.807) is 11.1 Å². The van der Waals surface area contributed by atoms with Gasteiger partial charge in [0.25, 0.3) is 0 Å². The van der Waals surface area contributed by atoms with Crippen molar-refractivity contribution in [3.63, 3.8) is 0 Å². The first kappa shape index (κ1) is 13.4. The van der Waals surface area contributed by atoms with Crippen LogP contribution >= 0.6 is 0 Å². The standard InChI is InChI=1S/C19H23N/c1-13-7-8-17(11-14(13)2)19(20-3)18-10-9-15-5-4-6-16(15)12-18/h7-12,19-20H,4-6H2,1-3H3. The molecule has 0 aromatic heterocycles. The van der Waals surface area contributed by atoms with Gasteiger partial charge >= 0.3 is 0 Å². The highest BCUT2D eigenvalue weighted by molar-refractivity contribution is 5.41. The summed E-state index contributed by atoms with van der Waals surface area (Å²) >= 11 is 0. The van der Waals surface area contributed by atoms with Gasteiger partial charge in [-0.1, -0.05) is 36.4 Å². The molecule has 0 bridgehead atoms. The summed E-state index contributed by atoms with van der Waals surface area (Å²) in [6, 6.07) is 14.1. The van der Waals surface area contributed by atoms with E-state index in [1.807, 2.05) is 7.05 Å². The van der Waals surface area contributed by atoms with Gasteiger partial charge in [-0.25, -0.2) is 0 Å². The molecule has 1 atom stereocenters. The SMILES string of the molecule is CNC(c1ccc(C)c(C)c1)c1ccc2c(c1)CCC2. The number of hydrogen-bond donors (Lipinski definition) is 1. The molecule has 1 nitrogen and oxygen atoms in total. The zero-order valence-corrected chi connectivity index (χ0v) is 12.7. The molecular weight excluding hydrogens is 242 g/mol. The normalized spacial score (nSPS) is 15.2. The Balaban J connectivity index is 1.98. The van der Waals surface area contributed by atoms with E-state index < -0.39 is 0 Å². The molecule has 0 amide bonds. The summed E-state index contributed by atoms with van der Waals surface area (Å²) in [5.41, 5.74) is 8.56. The molecule has 1 heteroatoms. The number of aryl methyl sites for hydroxylation is 4. The lowest BCUT2D eigenvalue weighted by atomic mass is 9.94. The molecule has 1 N–H and O–H groups in total. The van der Waals surface area contributed by atoms with E-state index in [2.05, 4.69) is 55.6 Å². The van der Waals surface area contributed by atoms with Crippen LogP contribution in [0.25, 0.3) is 0 Å². The van der Waals surface area contributed by atoms with Gasteiger partial charge in [-0.2, -0.15) is 0 Å². The van der Waals surface area contributed by atoms with Crippen LogP contribution in [-0.4, -0.2) is 7.05 Å². The highest BCUT2D eigenvalue weighted by atomic mass is 14.9. The maximum atomic E-state index is 3.47. The second-order valence-corrected chi connectivity index (χ2v) is 5.95. The summed E-state index contributed by atoms with van der Waals surface area (Å²) in [6.07, 6.45) is 3.81. The van der Waals surface area contributed by atoms with E-state index in [0.717, 1.165) is 0 Å². The van der Waals surface area contributed by atoms with Crippen molar-refractivity contribution in [2.45, 2.75) is 39.2 Å². The molecule has 2 aromatic rings. The van der Waals surface area contributed by atoms with Gasteiger partial charge in [-0.05, 0) is 73.5 Å². The van der Waals surface area contributed by atoms with Crippen molar-refractivity contribution >= 4 is 0 Å². The van der Waals surface area contributed by atoms with Crippen LogP contribution in [0.5, 0.6) is 0 Å². The van der Waals surface area contributed by atoms with Crippen LogP contribution in [0.15, 0.2) is 36.4 Å². The lowest BCUT2D eigenvalue weighted by Gasteiger charge is -2.19. The topological polar surface area (TPSA) is 12.0 Å². The molecule has 3 rings (SSSR count). The van der Waals surface area contributed by atoms with Crippen molar-refractivity contribution < 1.29 is 0 Å². The third kappa shape index (κ3) is 2.38. The predicted octanol–water partition coefficient (Wildman–Crippen LogP) is 4.10. The Hall–Kier alpha value is -1.60. The van der Waals surface area contributed by atoms with Crippen LogP contribution in [0.1, 0.15) is 45.8 Å². The van der Waals surface area contributed by atoms with Gasteiger partial charge in [0, 0.05) is 0 Å². The number of rotatable bonds is 3. The molecule has 1 unspecified atom stereocenters. The van der Waals surface area contributed by atoms with Crippen LogP contribution in [0.2, 0.25) is 0 Å². The van der Waals surface area contributed by atoms with Crippen molar-refractivity contribution in [3.8, 4) is 0 Å². The zero-order chi connectivity index (χ0) is 14.1. The van der Waals surface area contributed by atoms with Gasteiger partial charge in [0.15, 0.2) is 0 Å². The molecule has 1 aliphatic carbocycles. The zero-order valence-electron chi connectivity index (χ0n) is 12.7. The molecular formula is C19H23N. The van der Waals surface area contributed by atoms with Crippen molar-refractivity contribution in [1.82, 2.24) is 5.32 Å². The summed E-state index contributed by atoms with van der Waals surface area (Å²) in [5, 5.41) is 3.47. The summed E-state index contributed by atoms with van der Waals surface area (Å²) in [4.78, 5) is 0. The highest BCUT2D eigenvalue weighted by Gasteiger charge is 2.16. The molecule has 0 saturated heterocycles. The van der Waals surface area contributed by atoms with Gasteiger partial charge in [0.2, 0.25) is 0 Å². The fraction of sp³-hybridized carbons (Fsp3) is 0.368. The third-order valence-electron chi connectivity index (χ3n) is 4.61. The maximum Gasteiger partial charge on any atom is 0.0574 e. The second kappa shape index (κ2) is 5.41. The molecule has 0 spiro atoms. The Morgan fingerprint density at radius 1 is 0.850 bits per heavy atom. The number of benzene rings is 2. The Morgan fingerprint density at radius 2 is 1.55 bits per heavy atom. The van der Waals surface area contributed by atoms with Crippen LogP contribution in [0, 0.1) is 13.8 Å². The first-order valence-electron chi connectivity index (χ1n) is 7.55. The van der Waals surface area contributed by atoms with Crippen molar-refractivity contribution in [2.24, 2.45) is 0 Å². The van der Waals surface area contributed by atoms with Crippen LogP contribution in [-0.2, 0) is 12.8 Å². The Morgan fingerprint density at radius 3 is 2.30 bits per heavy atom. The second-order valence-electron chi connectivity index (χ2n) is 5.95. The molecule has 0 saturated carbocycles. The first-order chi connectivity index (χ1) is 9.69. The average Bonchev–Trinajstić information content (AvgIpc) is 2.91. The van der Waals surface area contributed by atoms with Crippen molar-refractivity contribution in [3.05, 3.63) is 69.8 Å². The van der Waals surface area contributed by atoms with Gasteiger partial charge in [0.1, 0.15) is 0 Å². The molecule has 2 aromatic carbocycles. The molecule has 104 valence electrons.